The number of carbonyl (C=O) groups is 2. The van der Waals surface area contributed by atoms with Crippen molar-refractivity contribution in [3.05, 3.63) is 0 Å². The molecule has 5 nitrogen and oxygen atoms in total. The first-order valence-electron chi connectivity index (χ1n) is 4.78. The van der Waals surface area contributed by atoms with E-state index in [9.17, 15) is 9.59 Å². The maximum Gasteiger partial charge on any atom is 0.326 e. The Balaban J connectivity index is 3.79. The molecule has 0 saturated heterocycles. The Morgan fingerprint density at radius 3 is 2.60 bits per heavy atom. The lowest BCUT2D eigenvalue weighted by atomic mass is 10.2. The standard InChI is InChI=1S/C10H16N2O3/c1-3-5-6-7-11-10(15)12-8(4-2)9(13)14/h8H,4,6-7H2,1-2H3,(H,13,14)(H2,11,12,15)/t8-/m0/s1. The van der Waals surface area contributed by atoms with Gasteiger partial charge < -0.3 is 15.7 Å². The van der Waals surface area contributed by atoms with Gasteiger partial charge in [0.2, 0.25) is 0 Å². The fourth-order valence-electron chi connectivity index (χ4n) is 0.911. The number of hydrogen-bond acceptors (Lipinski definition) is 2. The van der Waals surface area contributed by atoms with E-state index in [0.29, 0.717) is 19.4 Å². The Hall–Kier alpha value is -1.70. The molecule has 0 unspecified atom stereocenters. The molecule has 0 bridgehead atoms. The van der Waals surface area contributed by atoms with Gasteiger partial charge in [-0.05, 0) is 13.3 Å². The number of urea groups is 1. The lowest BCUT2D eigenvalue weighted by molar-refractivity contribution is -0.139. The van der Waals surface area contributed by atoms with Crippen molar-refractivity contribution in [3.8, 4) is 11.8 Å². The Labute approximate surface area is 89.2 Å². The van der Waals surface area contributed by atoms with Gasteiger partial charge in [0.15, 0.2) is 0 Å². The summed E-state index contributed by atoms with van der Waals surface area (Å²) in [6.45, 7) is 3.84. The van der Waals surface area contributed by atoms with Gasteiger partial charge in [0.25, 0.3) is 0 Å². The molecule has 0 aliphatic rings. The minimum Gasteiger partial charge on any atom is -0.480 e. The molecule has 3 N–H and O–H groups in total. The highest BCUT2D eigenvalue weighted by atomic mass is 16.4. The van der Waals surface area contributed by atoms with E-state index in [1.165, 1.54) is 0 Å². The van der Waals surface area contributed by atoms with Crippen LogP contribution in [0.1, 0.15) is 26.7 Å². The largest absolute Gasteiger partial charge is 0.480 e. The number of nitrogens with one attached hydrogen (secondary N) is 2. The lowest BCUT2D eigenvalue weighted by Gasteiger charge is -2.12. The number of rotatable bonds is 5. The average Bonchev–Trinajstić information content (AvgIpc) is 2.20. The normalized spacial score (nSPS) is 10.8. The number of carbonyl (C=O) groups excluding carboxylic acids is 1. The van der Waals surface area contributed by atoms with Gasteiger partial charge >= 0.3 is 12.0 Å². The summed E-state index contributed by atoms with van der Waals surface area (Å²) in [5.41, 5.74) is 0. The SMILES string of the molecule is CC#CCCNC(=O)N[C@@H](CC)C(=O)O. The zero-order valence-corrected chi connectivity index (χ0v) is 8.96. The molecule has 0 fully saturated rings. The summed E-state index contributed by atoms with van der Waals surface area (Å²) < 4.78 is 0. The summed E-state index contributed by atoms with van der Waals surface area (Å²) in [7, 11) is 0. The van der Waals surface area contributed by atoms with Crippen LogP contribution in [0.2, 0.25) is 0 Å². The first kappa shape index (κ1) is 13.3. The molecule has 0 aliphatic carbocycles. The molecule has 0 aromatic rings. The van der Waals surface area contributed by atoms with Gasteiger partial charge in [-0.25, -0.2) is 9.59 Å². The first-order valence-corrected chi connectivity index (χ1v) is 4.78. The number of amides is 2. The van der Waals surface area contributed by atoms with Crippen molar-refractivity contribution in [3.63, 3.8) is 0 Å². The summed E-state index contributed by atoms with van der Waals surface area (Å²) in [4.78, 5) is 21.7. The van der Waals surface area contributed by atoms with Crippen LogP contribution >= 0.6 is 0 Å². The van der Waals surface area contributed by atoms with Crippen LogP contribution in [0.25, 0.3) is 0 Å². The van der Waals surface area contributed by atoms with Crippen LogP contribution in [0.3, 0.4) is 0 Å². The molecular formula is C10H16N2O3. The number of carboxylic acid groups (broad SMARTS) is 1. The second-order valence-corrected chi connectivity index (χ2v) is 2.88. The third-order valence-corrected chi connectivity index (χ3v) is 1.72. The van der Waals surface area contributed by atoms with Crippen molar-refractivity contribution < 1.29 is 14.7 Å². The molecule has 84 valence electrons. The molecule has 1 atom stereocenters. The van der Waals surface area contributed by atoms with Crippen LogP contribution in [0, 0.1) is 11.8 Å². The van der Waals surface area contributed by atoms with Gasteiger partial charge in [0.05, 0.1) is 0 Å². The zero-order chi connectivity index (χ0) is 11.7. The van der Waals surface area contributed by atoms with Crippen LogP contribution in [0.4, 0.5) is 4.79 Å². The van der Waals surface area contributed by atoms with Crippen LogP contribution in [-0.4, -0.2) is 29.7 Å². The molecule has 5 heteroatoms. The first-order chi connectivity index (χ1) is 7.11. The van der Waals surface area contributed by atoms with Crippen molar-refractivity contribution in [1.82, 2.24) is 10.6 Å². The maximum atomic E-state index is 11.1. The fraction of sp³-hybridized carbons (Fsp3) is 0.600. The van der Waals surface area contributed by atoms with Crippen molar-refractivity contribution in [2.75, 3.05) is 6.54 Å². The van der Waals surface area contributed by atoms with Gasteiger partial charge in [-0.15, -0.1) is 11.8 Å². The number of hydrogen-bond donors (Lipinski definition) is 3. The second kappa shape index (κ2) is 7.68. The Bertz CT molecular complexity index is 278. The zero-order valence-electron chi connectivity index (χ0n) is 8.96. The highest BCUT2D eigenvalue weighted by Crippen LogP contribution is 1.90. The van der Waals surface area contributed by atoms with Gasteiger partial charge in [0.1, 0.15) is 6.04 Å². The van der Waals surface area contributed by atoms with Crippen molar-refractivity contribution in [2.45, 2.75) is 32.7 Å². The third-order valence-electron chi connectivity index (χ3n) is 1.72. The van der Waals surface area contributed by atoms with Crippen molar-refractivity contribution in [2.24, 2.45) is 0 Å². The summed E-state index contributed by atoms with van der Waals surface area (Å²) in [6.07, 6.45) is 0.922. The molecule has 0 heterocycles. The predicted octanol–water partition coefficient (Wildman–Crippen LogP) is 0.562. The maximum absolute atomic E-state index is 11.1. The van der Waals surface area contributed by atoms with Crippen LogP contribution in [0.5, 0.6) is 0 Å². The molecule has 15 heavy (non-hydrogen) atoms. The van der Waals surface area contributed by atoms with Crippen LogP contribution in [0.15, 0.2) is 0 Å². The van der Waals surface area contributed by atoms with Crippen LogP contribution in [-0.2, 0) is 4.79 Å². The highest BCUT2D eigenvalue weighted by Gasteiger charge is 2.16. The van der Waals surface area contributed by atoms with E-state index in [1.807, 2.05) is 0 Å². The second-order valence-electron chi connectivity index (χ2n) is 2.88. The molecule has 0 rings (SSSR count). The van der Waals surface area contributed by atoms with Gasteiger partial charge in [-0.1, -0.05) is 6.92 Å². The Morgan fingerprint density at radius 1 is 1.47 bits per heavy atom. The molecular weight excluding hydrogens is 196 g/mol. The smallest absolute Gasteiger partial charge is 0.326 e. The lowest BCUT2D eigenvalue weighted by Crippen LogP contribution is -2.45. The molecule has 0 aliphatic heterocycles. The molecule has 0 aromatic carbocycles. The molecule has 0 radical (unpaired) electrons. The minimum atomic E-state index is -1.03. The van der Waals surface area contributed by atoms with Crippen molar-refractivity contribution >= 4 is 12.0 Å². The van der Waals surface area contributed by atoms with E-state index in [2.05, 4.69) is 22.5 Å². The molecule has 0 aromatic heterocycles. The summed E-state index contributed by atoms with van der Waals surface area (Å²) in [5.74, 6) is 4.45. The highest BCUT2D eigenvalue weighted by molar-refractivity contribution is 5.82. The minimum absolute atomic E-state index is 0.359. The molecule has 0 spiro atoms. The van der Waals surface area contributed by atoms with Gasteiger partial charge in [-0.3, -0.25) is 0 Å². The monoisotopic (exact) mass is 212 g/mol. The summed E-state index contributed by atoms with van der Waals surface area (Å²) in [6, 6.07) is -1.30. The Kier molecular flexibility index (Phi) is 6.81. The molecule has 2 amide bonds. The number of aliphatic carboxylic acids is 1. The van der Waals surface area contributed by atoms with E-state index in [1.54, 1.807) is 13.8 Å². The predicted molar refractivity (Wildman–Crippen MR) is 56.3 cm³/mol. The fourth-order valence-corrected chi connectivity index (χ4v) is 0.911. The van der Waals surface area contributed by atoms with E-state index in [-0.39, 0.29) is 0 Å². The topological polar surface area (TPSA) is 78.4 Å². The summed E-state index contributed by atoms with van der Waals surface area (Å²) >= 11 is 0. The quantitative estimate of drug-likeness (QED) is 0.460. The average molecular weight is 212 g/mol. The van der Waals surface area contributed by atoms with Crippen molar-refractivity contribution in [1.29, 1.82) is 0 Å². The van der Waals surface area contributed by atoms with Gasteiger partial charge in [-0.2, -0.15) is 0 Å². The van der Waals surface area contributed by atoms with Gasteiger partial charge in [0, 0.05) is 13.0 Å². The van der Waals surface area contributed by atoms with E-state index in [0.717, 1.165) is 0 Å². The van der Waals surface area contributed by atoms with Crippen LogP contribution < -0.4 is 10.6 Å². The Morgan fingerprint density at radius 2 is 2.13 bits per heavy atom. The summed E-state index contributed by atoms with van der Waals surface area (Å²) in [5, 5.41) is 13.5. The third kappa shape index (κ3) is 6.38. The van der Waals surface area contributed by atoms with E-state index < -0.39 is 18.0 Å². The number of carboxylic acids is 1. The van der Waals surface area contributed by atoms with E-state index in [4.69, 9.17) is 5.11 Å². The van der Waals surface area contributed by atoms with E-state index >= 15 is 0 Å². The molecule has 0 saturated carbocycles.